The molecule has 1 aromatic heterocycles. The largest absolute Gasteiger partial charge is 0.352 e. The van der Waals surface area contributed by atoms with E-state index in [0.29, 0.717) is 37.7 Å². The van der Waals surface area contributed by atoms with Crippen LogP contribution in [0, 0.1) is 0 Å². The molecule has 0 bridgehead atoms. The summed E-state index contributed by atoms with van der Waals surface area (Å²) in [6, 6.07) is 11.0. The minimum Gasteiger partial charge on any atom is -0.352 e. The van der Waals surface area contributed by atoms with Crippen LogP contribution in [0.4, 0.5) is 5.82 Å². The monoisotopic (exact) mass is 387 g/mol. The van der Waals surface area contributed by atoms with Crippen LogP contribution in [0.5, 0.6) is 0 Å². The van der Waals surface area contributed by atoms with E-state index in [0.717, 1.165) is 17.8 Å². The third-order valence-corrected chi connectivity index (χ3v) is 4.80. The molecule has 1 aliphatic rings. The predicted molar refractivity (Wildman–Crippen MR) is 104 cm³/mol. The van der Waals surface area contributed by atoms with Gasteiger partial charge in [-0.15, -0.1) is 10.2 Å². The molecule has 1 fully saturated rings. The van der Waals surface area contributed by atoms with Crippen LogP contribution in [0.25, 0.3) is 0 Å². The molecule has 0 aliphatic carbocycles. The third-order valence-electron chi connectivity index (χ3n) is 4.54. The van der Waals surface area contributed by atoms with Gasteiger partial charge in [0.1, 0.15) is 0 Å². The fourth-order valence-electron chi connectivity index (χ4n) is 2.93. The van der Waals surface area contributed by atoms with Gasteiger partial charge in [0.2, 0.25) is 5.91 Å². The van der Waals surface area contributed by atoms with Crippen molar-refractivity contribution in [2.75, 3.05) is 37.6 Å². The Balaban J connectivity index is 1.48. The second-order valence-electron chi connectivity index (χ2n) is 6.40. The van der Waals surface area contributed by atoms with Crippen LogP contribution >= 0.6 is 11.6 Å². The van der Waals surface area contributed by atoms with Gasteiger partial charge in [0.15, 0.2) is 11.5 Å². The number of carbonyl (C=O) groups excluding carboxylic acids is 2. The molecule has 7 nitrogen and oxygen atoms in total. The van der Waals surface area contributed by atoms with Gasteiger partial charge in [-0.25, -0.2) is 0 Å². The van der Waals surface area contributed by atoms with Crippen molar-refractivity contribution in [1.82, 2.24) is 20.4 Å². The number of nitrogens with one attached hydrogen (secondary N) is 1. The first-order valence-electron chi connectivity index (χ1n) is 8.90. The van der Waals surface area contributed by atoms with Gasteiger partial charge < -0.3 is 15.1 Å². The lowest BCUT2D eigenvalue weighted by molar-refractivity contribution is -0.129. The molecule has 1 aromatic carbocycles. The number of piperazine rings is 1. The van der Waals surface area contributed by atoms with E-state index in [1.165, 1.54) is 0 Å². The number of hydrogen-bond acceptors (Lipinski definition) is 5. The molecule has 1 aliphatic heterocycles. The van der Waals surface area contributed by atoms with Crippen LogP contribution in [0.1, 0.15) is 23.0 Å². The Bertz CT molecular complexity index is 787. The standard InChI is InChI=1S/C19H22ClN5O2/c1-14(26)24-10-12-25(13-11-24)18-7-6-17(22-23-18)19(27)21-9-8-15-2-4-16(20)5-3-15/h2-7H,8-13H2,1H3,(H,21,27). The van der Waals surface area contributed by atoms with Crippen LogP contribution in [0.2, 0.25) is 5.02 Å². The first-order valence-corrected chi connectivity index (χ1v) is 9.27. The molecule has 2 amide bonds. The summed E-state index contributed by atoms with van der Waals surface area (Å²) < 4.78 is 0. The first-order chi connectivity index (χ1) is 13.0. The number of halogens is 1. The maximum Gasteiger partial charge on any atom is 0.271 e. The average Bonchev–Trinajstić information content (AvgIpc) is 2.69. The molecular formula is C19H22ClN5O2. The Morgan fingerprint density at radius 3 is 2.33 bits per heavy atom. The number of aromatic nitrogens is 2. The van der Waals surface area contributed by atoms with E-state index >= 15 is 0 Å². The Morgan fingerprint density at radius 1 is 1.04 bits per heavy atom. The van der Waals surface area contributed by atoms with E-state index in [4.69, 9.17) is 11.6 Å². The zero-order chi connectivity index (χ0) is 19.2. The normalized spacial score (nSPS) is 14.1. The number of benzene rings is 1. The molecule has 0 spiro atoms. The van der Waals surface area contributed by atoms with Crippen LogP contribution in [-0.4, -0.2) is 59.6 Å². The molecule has 0 unspecified atom stereocenters. The van der Waals surface area contributed by atoms with Gasteiger partial charge in [0, 0.05) is 44.7 Å². The second kappa shape index (κ2) is 8.81. The van der Waals surface area contributed by atoms with Crippen LogP contribution < -0.4 is 10.2 Å². The summed E-state index contributed by atoms with van der Waals surface area (Å²) in [4.78, 5) is 27.5. The minimum absolute atomic E-state index is 0.0892. The Morgan fingerprint density at radius 2 is 1.74 bits per heavy atom. The van der Waals surface area contributed by atoms with Crippen molar-refractivity contribution in [3.63, 3.8) is 0 Å². The topological polar surface area (TPSA) is 78.4 Å². The number of hydrogen-bond donors (Lipinski definition) is 1. The maximum absolute atomic E-state index is 12.2. The lowest BCUT2D eigenvalue weighted by Crippen LogP contribution is -2.48. The van der Waals surface area contributed by atoms with Gasteiger partial charge in [-0.2, -0.15) is 0 Å². The molecule has 0 atom stereocenters. The molecule has 0 radical (unpaired) electrons. The van der Waals surface area contributed by atoms with Gasteiger partial charge in [-0.3, -0.25) is 9.59 Å². The maximum atomic E-state index is 12.2. The molecule has 0 saturated carbocycles. The summed E-state index contributed by atoms with van der Waals surface area (Å²) in [7, 11) is 0. The number of rotatable bonds is 5. The van der Waals surface area contributed by atoms with Gasteiger partial charge in [-0.1, -0.05) is 23.7 Å². The van der Waals surface area contributed by atoms with Crippen molar-refractivity contribution in [3.8, 4) is 0 Å². The van der Waals surface area contributed by atoms with Crippen molar-refractivity contribution < 1.29 is 9.59 Å². The van der Waals surface area contributed by atoms with Gasteiger partial charge >= 0.3 is 0 Å². The zero-order valence-corrected chi connectivity index (χ0v) is 15.9. The minimum atomic E-state index is -0.246. The summed E-state index contributed by atoms with van der Waals surface area (Å²) in [5.74, 6) is 0.562. The van der Waals surface area contributed by atoms with Crippen molar-refractivity contribution in [2.45, 2.75) is 13.3 Å². The summed E-state index contributed by atoms with van der Waals surface area (Å²) in [5, 5.41) is 11.8. The highest BCUT2D eigenvalue weighted by Gasteiger charge is 2.20. The molecule has 27 heavy (non-hydrogen) atoms. The third kappa shape index (κ3) is 5.17. The molecule has 1 N–H and O–H groups in total. The zero-order valence-electron chi connectivity index (χ0n) is 15.2. The highest BCUT2D eigenvalue weighted by atomic mass is 35.5. The fraction of sp³-hybridized carbons (Fsp3) is 0.368. The average molecular weight is 388 g/mol. The number of carbonyl (C=O) groups is 2. The number of amides is 2. The van der Waals surface area contributed by atoms with E-state index in [1.54, 1.807) is 19.1 Å². The van der Waals surface area contributed by atoms with Gasteiger partial charge in [-0.05, 0) is 36.2 Å². The summed E-state index contributed by atoms with van der Waals surface area (Å²) in [6.45, 7) is 4.85. The molecule has 3 rings (SSSR count). The molecule has 1 saturated heterocycles. The van der Waals surface area contributed by atoms with E-state index in [9.17, 15) is 9.59 Å². The summed E-state index contributed by atoms with van der Waals surface area (Å²) in [5.41, 5.74) is 1.39. The molecule has 2 heterocycles. The van der Waals surface area contributed by atoms with E-state index in [-0.39, 0.29) is 17.5 Å². The van der Waals surface area contributed by atoms with Crippen molar-refractivity contribution >= 4 is 29.2 Å². The Labute approximate surface area is 163 Å². The first kappa shape index (κ1) is 19.1. The molecule has 8 heteroatoms. The van der Waals surface area contributed by atoms with Crippen molar-refractivity contribution in [2.24, 2.45) is 0 Å². The van der Waals surface area contributed by atoms with Gasteiger partial charge in [0.25, 0.3) is 5.91 Å². The number of anilines is 1. The predicted octanol–water partition coefficient (Wildman–Crippen LogP) is 1.77. The Hall–Kier alpha value is -2.67. The second-order valence-corrected chi connectivity index (χ2v) is 6.84. The molecule has 142 valence electrons. The SMILES string of the molecule is CC(=O)N1CCN(c2ccc(C(=O)NCCc3ccc(Cl)cc3)nn2)CC1. The lowest BCUT2D eigenvalue weighted by atomic mass is 10.1. The Kier molecular flexibility index (Phi) is 6.24. The van der Waals surface area contributed by atoms with Crippen molar-refractivity contribution in [1.29, 1.82) is 0 Å². The van der Waals surface area contributed by atoms with E-state index < -0.39 is 0 Å². The van der Waals surface area contributed by atoms with Crippen LogP contribution in [-0.2, 0) is 11.2 Å². The fourth-order valence-corrected chi connectivity index (χ4v) is 3.05. The summed E-state index contributed by atoms with van der Waals surface area (Å²) in [6.07, 6.45) is 0.717. The highest BCUT2D eigenvalue weighted by molar-refractivity contribution is 6.30. The summed E-state index contributed by atoms with van der Waals surface area (Å²) >= 11 is 5.86. The van der Waals surface area contributed by atoms with Crippen LogP contribution in [0.15, 0.2) is 36.4 Å². The molecular weight excluding hydrogens is 366 g/mol. The number of nitrogens with zero attached hydrogens (tertiary/aromatic N) is 4. The lowest BCUT2D eigenvalue weighted by Gasteiger charge is -2.34. The quantitative estimate of drug-likeness (QED) is 0.845. The molecule has 2 aromatic rings. The van der Waals surface area contributed by atoms with E-state index in [1.807, 2.05) is 29.2 Å². The smallest absolute Gasteiger partial charge is 0.271 e. The van der Waals surface area contributed by atoms with Crippen molar-refractivity contribution in [3.05, 3.63) is 52.7 Å². The van der Waals surface area contributed by atoms with Crippen LogP contribution in [0.3, 0.4) is 0 Å². The highest BCUT2D eigenvalue weighted by Crippen LogP contribution is 2.13. The van der Waals surface area contributed by atoms with Gasteiger partial charge in [0.05, 0.1) is 0 Å². The van der Waals surface area contributed by atoms with E-state index in [2.05, 4.69) is 20.4 Å².